The van der Waals surface area contributed by atoms with Gasteiger partial charge in [-0.25, -0.2) is 0 Å². The molecule has 0 aromatic heterocycles. The fourth-order valence-electron chi connectivity index (χ4n) is 1.82. The van der Waals surface area contributed by atoms with Crippen molar-refractivity contribution < 1.29 is 14.6 Å². The third-order valence-electron chi connectivity index (χ3n) is 2.86. The van der Waals surface area contributed by atoms with Crippen molar-refractivity contribution in [1.29, 1.82) is 0 Å². The molecule has 0 amide bonds. The average molecular weight is 262 g/mol. The van der Waals surface area contributed by atoms with Crippen molar-refractivity contribution in [2.75, 3.05) is 72.8 Å². The molecule has 1 heterocycles. The van der Waals surface area contributed by atoms with Crippen LogP contribution in [0.2, 0.25) is 0 Å². The summed E-state index contributed by atoms with van der Waals surface area (Å²) in [7, 11) is 1.74. The highest BCUT2D eigenvalue weighted by atomic mass is 16.5. The first-order chi connectivity index (χ1) is 8.86. The molecule has 0 unspecified atom stereocenters. The second kappa shape index (κ2) is 13.2. The number of nitrogens with zero attached hydrogens (tertiary/aromatic N) is 2. The van der Waals surface area contributed by atoms with Gasteiger partial charge in [-0.05, 0) is 0 Å². The molecule has 0 aromatic carbocycles. The van der Waals surface area contributed by atoms with E-state index in [1.54, 1.807) is 7.11 Å². The van der Waals surface area contributed by atoms with Crippen LogP contribution >= 0.6 is 0 Å². The van der Waals surface area contributed by atoms with E-state index in [4.69, 9.17) is 14.6 Å². The largest absolute Gasteiger partial charge is 0.394 e. The van der Waals surface area contributed by atoms with Crippen LogP contribution in [0.25, 0.3) is 0 Å². The molecule has 0 aliphatic carbocycles. The van der Waals surface area contributed by atoms with Gasteiger partial charge in [0.25, 0.3) is 0 Å². The molecule has 1 aliphatic heterocycles. The predicted octanol–water partition coefficient (Wildman–Crippen LogP) is 0.286. The maximum atomic E-state index is 8.56. The van der Waals surface area contributed by atoms with Crippen molar-refractivity contribution in [2.24, 2.45) is 0 Å². The molecule has 5 heteroatoms. The zero-order chi connectivity index (χ0) is 13.6. The molecule has 0 atom stereocenters. The van der Waals surface area contributed by atoms with Crippen LogP contribution in [0.15, 0.2) is 0 Å². The van der Waals surface area contributed by atoms with Gasteiger partial charge in [0.1, 0.15) is 0 Å². The molecular weight excluding hydrogens is 232 g/mol. The molecule has 1 saturated heterocycles. The van der Waals surface area contributed by atoms with Gasteiger partial charge in [0.15, 0.2) is 0 Å². The third-order valence-corrected chi connectivity index (χ3v) is 2.86. The Hall–Kier alpha value is -0.200. The Morgan fingerprint density at radius 1 is 0.889 bits per heavy atom. The summed E-state index contributed by atoms with van der Waals surface area (Å²) in [5.41, 5.74) is 0. The monoisotopic (exact) mass is 262 g/mol. The molecule has 18 heavy (non-hydrogen) atoms. The molecule has 1 rings (SSSR count). The van der Waals surface area contributed by atoms with Crippen LogP contribution in [0.5, 0.6) is 0 Å². The number of aliphatic hydroxyl groups is 1. The van der Waals surface area contributed by atoms with E-state index in [2.05, 4.69) is 9.80 Å². The van der Waals surface area contributed by atoms with E-state index in [0.717, 1.165) is 52.5 Å². The van der Waals surface area contributed by atoms with E-state index in [9.17, 15) is 0 Å². The van der Waals surface area contributed by atoms with E-state index < -0.39 is 0 Å². The Bertz CT molecular complexity index is 162. The van der Waals surface area contributed by atoms with E-state index >= 15 is 0 Å². The number of ether oxygens (including phenoxy) is 2. The number of methoxy groups -OCH3 is 1. The minimum Gasteiger partial charge on any atom is -0.394 e. The molecule has 110 valence electrons. The maximum Gasteiger partial charge on any atom is 0.0698 e. The summed E-state index contributed by atoms with van der Waals surface area (Å²) in [5.74, 6) is 0. The third kappa shape index (κ3) is 8.83. The standard InChI is InChI=1S/C11H24N2O3.C2H6/c1-15-9-6-12-2-4-13(5-3-12)7-10-16-11-8-14;1-2/h14H,2-11H2,1H3;1-2H3. The average Bonchev–Trinajstić information content (AvgIpc) is 2.45. The number of aliphatic hydroxyl groups excluding tert-OH is 1. The molecule has 0 aromatic rings. The highest BCUT2D eigenvalue weighted by molar-refractivity contribution is 4.71. The van der Waals surface area contributed by atoms with Crippen LogP contribution in [-0.2, 0) is 9.47 Å². The summed E-state index contributed by atoms with van der Waals surface area (Å²) in [6.07, 6.45) is 0. The molecular formula is C13H30N2O3. The lowest BCUT2D eigenvalue weighted by atomic mass is 10.3. The van der Waals surface area contributed by atoms with E-state index in [1.165, 1.54) is 0 Å². The molecule has 1 aliphatic rings. The van der Waals surface area contributed by atoms with E-state index in [-0.39, 0.29) is 6.61 Å². The fraction of sp³-hybridized carbons (Fsp3) is 1.00. The second-order valence-corrected chi connectivity index (χ2v) is 4.01. The van der Waals surface area contributed by atoms with Gasteiger partial charge < -0.3 is 14.6 Å². The second-order valence-electron chi connectivity index (χ2n) is 4.01. The van der Waals surface area contributed by atoms with Crippen LogP contribution < -0.4 is 0 Å². The van der Waals surface area contributed by atoms with Gasteiger partial charge in [-0.3, -0.25) is 9.80 Å². The summed E-state index contributed by atoms with van der Waals surface area (Å²) in [6, 6.07) is 0. The summed E-state index contributed by atoms with van der Waals surface area (Å²) < 4.78 is 10.3. The smallest absolute Gasteiger partial charge is 0.0698 e. The Kier molecular flexibility index (Phi) is 13.1. The summed E-state index contributed by atoms with van der Waals surface area (Å²) in [4.78, 5) is 4.83. The van der Waals surface area contributed by atoms with E-state index in [0.29, 0.717) is 6.61 Å². The molecule has 0 bridgehead atoms. The first kappa shape index (κ1) is 17.8. The van der Waals surface area contributed by atoms with Crippen LogP contribution in [-0.4, -0.2) is 87.7 Å². The normalized spacial score (nSPS) is 17.3. The molecule has 1 fully saturated rings. The van der Waals surface area contributed by atoms with Gasteiger partial charge in [-0.1, -0.05) is 13.8 Å². The Labute approximate surface area is 112 Å². The van der Waals surface area contributed by atoms with Crippen LogP contribution in [0, 0.1) is 0 Å². The molecule has 0 spiro atoms. The van der Waals surface area contributed by atoms with Gasteiger partial charge in [0.2, 0.25) is 0 Å². The van der Waals surface area contributed by atoms with Crippen molar-refractivity contribution in [3.8, 4) is 0 Å². The number of hydrogen-bond acceptors (Lipinski definition) is 5. The molecule has 0 radical (unpaired) electrons. The topological polar surface area (TPSA) is 45.2 Å². The fourth-order valence-corrected chi connectivity index (χ4v) is 1.82. The number of piperazine rings is 1. The first-order valence-corrected chi connectivity index (χ1v) is 6.99. The Balaban J connectivity index is 0.00000137. The van der Waals surface area contributed by atoms with Crippen LogP contribution in [0.3, 0.4) is 0 Å². The molecule has 5 nitrogen and oxygen atoms in total. The predicted molar refractivity (Wildman–Crippen MR) is 74.0 cm³/mol. The Morgan fingerprint density at radius 3 is 1.83 bits per heavy atom. The van der Waals surface area contributed by atoms with Crippen molar-refractivity contribution in [2.45, 2.75) is 13.8 Å². The number of hydrogen-bond donors (Lipinski definition) is 1. The van der Waals surface area contributed by atoms with Crippen molar-refractivity contribution >= 4 is 0 Å². The lowest BCUT2D eigenvalue weighted by molar-refractivity contribution is 0.0521. The minimum absolute atomic E-state index is 0.116. The van der Waals surface area contributed by atoms with Gasteiger partial charge in [-0.15, -0.1) is 0 Å². The maximum absolute atomic E-state index is 8.56. The lowest BCUT2D eigenvalue weighted by Gasteiger charge is -2.34. The van der Waals surface area contributed by atoms with Crippen molar-refractivity contribution in [3.63, 3.8) is 0 Å². The van der Waals surface area contributed by atoms with Crippen LogP contribution in [0.1, 0.15) is 13.8 Å². The summed E-state index contributed by atoms with van der Waals surface area (Å²) in [5, 5.41) is 8.56. The quantitative estimate of drug-likeness (QED) is 0.637. The van der Waals surface area contributed by atoms with Crippen molar-refractivity contribution in [3.05, 3.63) is 0 Å². The first-order valence-electron chi connectivity index (χ1n) is 6.99. The highest BCUT2D eigenvalue weighted by Crippen LogP contribution is 2.00. The minimum atomic E-state index is 0.116. The van der Waals surface area contributed by atoms with Crippen molar-refractivity contribution in [1.82, 2.24) is 9.80 Å². The molecule has 1 N–H and O–H groups in total. The lowest BCUT2D eigenvalue weighted by Crippen LogP contribution is -2.48. The van der Waals surface area contributed by atoms with Gasteiger partial charge in [0.05, 0.1) is 26.4 Å². The van der Waals surface area contributed by atoms with E-state index in [1.807, 2.05) is 13.8 Å². The molecule has 0 saturated carbocycles. The Morgan fingerprint density at radius 2 is 1.39 bits per heavy atom. The SMILES string of the molecule is CC.COCCN1CCN(CCOCCO)CC1. The highest BCUT2D eigenvalue weighted by Gasteiger charge is 2.15. The zero-order valence-corrected chi connectivity index (χ0v) is 12.2. The summed E-state index contributed by atoms with van der Waals surface area (Å²) >= 11 is 0. The zero-order valence-electron chi connectivity index (χ0n) is 12.2. The number of rotatable bonds is 8. The van der Waals surface area contributed by atoms with Crippen LogP contribution in [0.4, 0.5) is 0 Å². The van der Waals surface area contributed by atoms with Gasteiger partial charge in [-0.2, -0.15) is 0 Å². The summed E-state index contributed by atoms with van der Waals surface area (Å²) in [6.45, 7) is 12.5. The van der Waals surface area contributed by atoms with Gasteiger partial charge >= 0.3 is 0 Å². The van der Waals surface area contributed by atoms with Gasteiger partial charge in [0, 0.05) is 46.4 Å².